The van der Waals surface area contributed by atoms with Crippen LogP contribution in [-0.2, 0) is 0 Å². The summed E-state index contributed by atoms with van der Waals surface area (Å²) in [7, 11) is 0. The van der Waals surface area contributed by atoms with Gasteiger partial charge in [-0.15, -0.1) is 0 Å². The Morgan fingerprint density at radius 1 is 1.30 bits per heavy atom. The summed E-state index contributed by atoms with van der Waals surface area (Å²) in [5.41, 5.74) is -0.511. The second-order valence-corrected chi connectivity index (χ2v) is 7.12. The van der Waals surface area contributed by atoms with Crippen LogP contribution in [0.25, 0.3) is 10.8 Å². The topological polar surface area (TPSA) is 79.5 Å². The smallest absolute Gasteiger partial charge is 0.344 e. The standard InChI is InChI=1S/C17H19NO4S/c1-11-12-4-2-3-5-13(12)16(21)22-14(11)15(20)18-17(10-19)6-8-23-9-7-17/h2-5,19H,6-10H2,1H3,(H,18,20). The van der Waals surface area contributed by atoms with Gasteiger partial charge in [-0.25, -0.2) is 4.79 Å². The van der Waals surface area contributed by atoms with E-state index in [0.29, 0.717) is 29.2 Å². The van der Waals surface area contributed by atoms with Crippen molar-refractivity contribution >= 4 is 28.4 Å². The Balaban J connectivity index is 1.98. The fourth-order valence-electron chi connectivity index (χ4n) is 2.93. The number of hydrogen-bond acceptors (Lipinski definition) is 5. The summed E-state index contributed by atoms with van der Waals surface area (Å²) in [6.45, 7) is 1.65. The minimum Gasteiger partial charge on any atom is -0.417 e. The van der Waals surface area contributed by atoms with E-state index in [1.54, 1.807) is 25.1 Å². The molecule has 0 saturated carbocycles. The van der Waals surface area contributed by atoms with Crippen molar-refractivity contribution in [3.05, 3.63) is 46.0 Å². The third-order valence-electron chi connectivity index (χ3n) is 4.42. The van der Waals surface area contributed by atoms with Gasteiger partial charge in [0.05, 0.1) is 17.5 Å². The number of nitrogens with one attached hydrogen (secondary N) is 1. The first-order valence-electron chi connectivity index (χ1n) is 7.60. The van der Waals surface area contributed by atoms with E-state index in [1.807, 2.05) is 17.8 Å². The molecule has 2 N–H and O–H groups in total. The SMILES string of the molecule is Cc1c(C(=O)NC2(CO)CCSCC2)oc(=O)c2ccccc12. The zero-order valence-corrected chi connectivity index (χ0v) is 13.7. The van der Waals surface area contributed by atoms with Gasteiger partial charge in [-0.1, -0.05) is 18.2 Å². The molecule has 1 aliphatic heterocycles. The van der Waals surface area contributed by atoms with Crippen LogP contribution >= 0.6 is 11.8 Å². The van der Waals surface area contributed by atoms with E-state index in [2.05, 4.69) is 5.32 Å². The lowest BCUT2D eigenvalue weighted by atomic mass is 9.93. The predicted octanol–water partition coefficient (Wildman–Crippen LogP) is 2.09. The summed E-state index contributed by atoms with van der Waals surface area (Å²) in [5, 5.41) is 13.8. The first-order chi connectivity index (χ1) is 11.1. The number of benzene rings is 1. The van der Waals surface area contributed by atoms with Gasteiger partial charge in [0.2, 0.25) is 0 Å². The molecule has 0 atom stereocenters. The highest BCUT2D eigenvalue weighted by atomic mass is 32.2. The number of thioether (sulfide) groups is 1. The van der Waals surface area contributed by atoms with Gasteiger partial charge in [-0.05, 0) is 42.7 Å². The third-order valence-corrected chi connectivity index (χ3v) is 5.41. The second-order valence-electron chi connectivity index (χ2n) is 5.89. The molecule has 2 aromatic rings. The Morgan fingerprint density at radius 3 is 2.61 bits per heavy atom. The van der Waals surface area contributed by atoms with Crippen LogP contribution in [0.15, 0.2) is 33.5 Å². The maximum absolute atomic E-state index is 12.6. The largest absolute Gasteiger partial charge is 0.417 e. The summed E-state index contributed by atoms with van der Waals surface area (Å²) < 4.78 is 5.26. The predicted molar refractivity (Wildman–Crippen MR) is 91.1 cm³/mol. The van der Waals surface area contributed by atoms with E-state index in [4.69, 9.17) is 4.42 Å². The lowest BCUT2D eigenvalue weighted by Gasteiger charge is -2.36. The van der Waals surface area contributed by atoms with E-state index in [-0.39, 0.29) is 12.4 Å². The van der Waals surface area contributed by atoms with Crippen molar-refractivity contribution in [3.63, 3.8) is 0 Å². The minimum atomic E-state index is -0.626. The van der Waals surface area contributed by atoms with Crippen LogP contribution in [0.2, 0.25) is 0 Å². The fraction of sp³-hybridized carbons (Fsp3) is 0.412. The second kappa shape index (κ2) is 6.37. The van der Waals surface area contributed by atoms with Crippen LogP contribution in [0.5, 0.6) is 0 Å². The molecule has 1 aliphatic rings. The molecule has 0 bridgehead atoms. The molecule has 0 radical (unpaired) electrons. The van der Waals surface area contributed by atoms with Gasteiger partial charge in [0.25, 0.3) is 5.91 Å². The number of fused-ring (bicyclic) bond motifs is 1. The van der Waals surface area contributed by atoms with Crippen LogP contribution in [0, 0.1) is 6.92 Å². The summed E-state index contributed by atoms with van der Waals surface area (Å²) in [5.74, 6) is 1.37. The van der Waals surface area contributed by atoms with Gasteiger partial charge in [0, 0.05) is 5.56 Å². The molecule has 1 saturated heterocycles. The average Bonchev–Trinajstić information content (AvgIpc) is 2.59. The van der Waals surface area contributed by atoms with E-state index in [1.165, 1.54) is 0 Å². The van der Waals surface area contributed by atoms with Crippen molar-refractivity contribution in [2.75, 3.05) is 18.1 Å². The van der Waals surface area contributed by atoms with E-state index in [0.717, 1.165) is 11.5 Å². The van der Waals surface area contributed by atoms with Crippen molar-refractivity contribution in [2.45, 2.75) is 25.3 Å². The third kappa shape index (κ3) is 3.01. The molecule has 1 amide bonds. The Bertz CT molecular complexity index is 793. The maximum atomic E-state index is 12.6. The van der Waals surface area contributed by atoms with Crippen molar-refractivity contribution in [1.29, 1.82) is 0 Å². The van der Waals surface area contributed by atoms with Gasteiger partial charge in [-0.3, -0.25) is 4.79 Å². The van der Waals surface area contributed by atoms with Gasteiger partial charge in [0.1, 0.15) is 0 Å². The minimum absolute atomic E-state index is 0.0275. The average molecular weight is 333 g/mol. The van der Waals surface area contributed by atoms with Gasteiger partial charge in [-0.2, -0.15) is 11.8 Å². The number of aliphatic hydroxyl groups is 1. The van der Waals surface area contributed by atoms with Crippen LogP contribution in [0.4, 0.5) is 0 Å². The first-order valence-corrected chi connectivity index (χ1v) is 8.75. The van der Waals surface area contributed by atoms with Gasteiger partial charge in [0.15, 0.2) is 5.76 Å². The molecule has 2 heterocycles. The number of aliphatic hydroxyl groups excluding tert-OH is 1. The van der Waals surface area contributed by atoms with Crippen LogP contribution in [-0.4, -0.2) is 34.7 Å². The number of rotatable bonds is 3. The summed E-state index contributed by atoms with van der Waals surface area (Å²) in [4.78, 5) is 24.7. The van der Waals surface area contributed by atoms with Crippen molar-refractivity contribution < 1.29 is 14.3 Å². The highest BCUT2D eigenvalue weighted by molar-refractivity contribution is 7.99. The van der Waals surface area contributed by atoms with Crippen LogP contribution in [0.3, 0.4) is 0 Å². The summed E-state index contributed by atoms with van der Waals surface area (Å²) in [6, 6.07) is 7.07. The monoisotopic (exact) mass is 333 g/mol. The van der Waals surface area contributed by atoms with Crippen LogP contribution < -0.4 is 10.9 Å². The maximum Gasteiger partial charge on any atom is 0.344 e. The molecule has 0 unspecified atom stereocenters. The fourth-order valence-corrected chi connectivity index (χ4v) is 4.21. The number of carbonyl (C=O) groups is 1. The first kappa shape index (κ1) is 16.1. The van der Waals surface area contributed by atoms with Gasteiger partial charge < -0.3 is 14.8 Å². The van der Waals surface area contributed by atoms with Gasteiger partial charge >= 0.3 is 5.63 Å². The molecule has 1 aromatic heterocycles. The summed E-state index contributed by atoms with van der Waals surface area (Å²) in [6.07, 6.45) is 1.41. The molecule has 23 heavy (non-hydrogen) atoms. The molecular formula is C17H19NO4S. The van der Waals surface area contributed by atoms with Crippen molar-refractivity contribution in [2.24, 2.45) is 0 Å². The molecule has 0 aliphatic carbocycles. The summed E-state index contributed by atoms with van der Waals surface area (Å²) >= 11 is 1.81. The Hall–Kier alpha value is -1.79. The Morgan fingerprint density at radius 2 is 1.96 bits per heavy atom. The zero-order chi connectivity index (χ0) is 16.4. The molecule has 3 rings (SSSR count). The highest BCUT2D eigenvalue weighted by Crippen LogP contribution is 2.27. The lowest BCUT2D eigenvalue weighted by Crippen LogP contribution is -2.53. The number of amides is 1. The molecule has 1 aromatic carbocycles. The Kier molecular flexibility index (Phi) is 4.46. The van der Waals surface area contributed by atoms with Crippen molar-refractivity contribution in [1.82, 2.24) is 5.32 Å². The number of hydrogen-bond donors (Lipinski definition) is 2. The molecule has 122 valence electrons. The highest BCUT2D eigenvalue weighted by Gasteiger charge is 2.34. The Labute approximate surface area is 138 Å². The number of carbonyl (C=O) groups excluding carboxylic acids is 1. The van der Waals surface area contributed by atoms with Crippen molar-refractivity contribution in [3.8, 4) is 0 Å². The molecular weight excluding hydrogens is 314 g/mol. The molecule has 1 fully saturated rings. The normalized spacial score (nSPS) is 17.1. The van der Waals surface area contributed by atoms with E-state index in [9.17, 15) is 14.7 Å². The lowest BCUT2D eigenvalue weighted by molar-refractivity contribution is 0.0785. The molecule has 0 spiro atoms. The van der Waals surface area contributed by atoms with E-state index >= 15 is 0 Å². The quantitative estimate of drug-likeness (QED) is 0.899. The van der Waals surface area contributed by atoms with E-state index < -0.39 is 17.1 Å². The van der Waals surface area contributed by atoms with Crippen LogP contribution in [0.1, 0.15) is 29.0 Å². The molecule has 5 nitrogen and oxygen atoms in total. The number of aryl methyl sites for hydroxylation is 1. The molecule has 6 heteroatoms. The zero-order valence-electron chi connectivity index (χ0n) is 12.9.